The number of hydrogen-bond donors (Lipinski definition) is 1. The van der Waals surface area contributed by atoms with E-state index in [4.69, 9.17) is 16.3 Å². The molecule has 1 N–H and O–H groups in total. The molecule has 1 aliphatic carbocycles. The Balaban J connectivity index is 1.58. The Bertz CT molecular complexity index is 988. The summed E-state index contributed by atoms with van der Waals surface area (Å²) in [6.07, 6.45) is 6.06. The number of ether oxygens (including phenoxy) is 1. The number of rotatable bonds is 4. The zero-order valence-corrected chi connectivity index (χ0v) is 17.7. The highest BCUT2D eigenvalue weighted by atomic mass is 35.5. The lowest BCUT2D eigenvalue weighted by Gasteiger charge is -2.32. The van der Waals surface area contributed by atoms with Gasteiger partial charge in [-0.1, -0.05) is 61.7 Å². The molecule has 2 aliphatic rings. The number of hydrogen-bond acceptors (Lipinski definition) is 3. The molecule has 156 valence electrons. The van der Waals surface area contributed by atoms with Gasteiger partial charge in [-0.25, -0.2) is 0 Å². The zero-order chi connectivity index (χ0) is 21.1. The molecule has 2 atom stereocenters. The molecule has 5 nitrogen and oxygen atoms in total. The van der Waals surface area contributed by atoms with E-state index in [1.54, 1.807) is 24.3 Å². The first-order valence-electron chi connectivity index (χ1n) is 10.4. The van der Waals surface area contributed by atoms with Crippen molar-refractivity contribution in [2.24, 2.45) is 5.92 Å². The molecule has 0 spiro atoms. The molecule has 2 amide bonds. The van der Waals surface area contributed by atoms with Crippen LogP contribution in [0.5, 0.6) is 5.75 Å². The largest absolute Gasteiger partial charge is 0.449 e. The van der Waals surface area contributed by atoms with Gasteiger partial charge in [0.15, 0.2) is 11.5 Å². The van der Waals surface area contributed by atoms with Crippen molar-refractivity contribution < 1.29 is 14.3 Å². The number of amides is 2. The molecule has 30 heavy (non-hydrogen) atoms. The quantitative estimate of drug-likeness (QED) is 0.717. The SMILES string of the molecule is C[C@H]1CCCC[C@H]1NC(=O)CN1C(=O)/C(=C\c2ccccc2Cl)Oc2ccccc21. The standard InChI is InChI=1S/C24H25ClN2O3/c1-16-8-2-5-11-19(16)26-23(28)15-27-20-12-6-7-13-21(20)30-22(24(27)29)14-17-9-3-4-10-18(17)25/h3-4,6-7,9-10,12-14,16,19H,2,5,8,11,15H2,1H3,(H,26,28)/b22-14+/t16-,19+/m0/s1. The molecular weight excluding hydrogens is 400 g/mol. The number of carbonyl (C=O) groups excluding carboxylic acids is 2. The Morgan fingerprint density at radius 1 is 1.17 bits per heavy atom. The van der Waals surface area contributed by atoms with Crippen LogP contribution in [0, 0.1) is 5.92 Å². The number of carbonyl (C=O) groups is 2. The normalized spacial score (nSPS) is 22.4. The lowest BCUT2D eigenvalue weighted by molar-refractivity contribution is -0.124. The van der Waals surface area contributed by atoms with Crippen LogP contribution >= 0.6 is 11.6 Å². The number of halogens is 1. The topological polar surface area (TPSA) is 58.6 Å². The van der Waals surface area contributed by atoms with Crippen molar-refractivity contribution in [2.75, 3.05) is 11.4 Å². The molecule has 2 aromatic carbocycles. The highest BCUT2D eigenvalue weighted by Crippen LogP contribution is 2.36. The van der Waals surface area contributed by atoms with E-state index in [-0.39, 0.29) is 30.2 Å². The molecule has 0 radical (unpaired) electrons. The van der Waals surface area contributed by atoms with Crippen LogP contribution in [0.2, 0.25) is 5.02 Å². The Labute approximate surface area is 181 Å². The van der Waals surface area contributed by atoms with Crippen LogP contribution in [0.3, 0.4) is 0 Å². The summed E-state index contributed by atoms with van der Waals surface area (Å²) in [4.78, 5) is 27.5. The minimum absolute atomic E-state index is 0.0533. The Morgan fingerprint density at radius 3 is 2.70 bits per heavy atom. The lowest BCUT2D eigenvalue weighted by atomic mass is 9.86. The van der Waals surface area contributed by atoms with Crippen LogP contribution in [0.15, 0.2) is 54.3 Å². The van der Waals surface area contributed by atoms with Crippen LogP contribution in [0.1, 0.15) is 38.2 Å². The summed E-state index contributed by atoms with van der Waals surface area (Å²) in [5.74, 6) is 0.609. The summed E-state index contributed by atoms with van der Waals surface area (Å²) in [6, 6.07) is 14.6. The first-order valence-corrected chi connectivity index (χ1v) is 10.7. The Hall–Kier alpha value is -2.79. The molecule has 0 bridgehead atoms. The van der Waals surface area contributed by atoms with E-state index in [0.29, 0.717) is 27.9 Å². The van der Waals surface area contributed by atoms with Crippen LogP contribution in [0.25, 0.3) is 6.08 Å². The number of anilines is 1. The minimum atomic E-state index is -0.361. The van der Waals surface area contributed by atoms with Gasteiger partial charge in [0.05, 0.1) is 5.69 Å². The van der Waals surface area contributed by atoms with Crippen molar-refractivity contribution in [3.8, 4) is 5.75 Å². The predicted molar refractivity (Wildman–Crippen MR) is 118 cm³/mol. The van der Waals surface area contributed by atoms with Gasteiger partial charge in [-0.2, -0.15) is 0 Å². The summed E-state index contributed by atoms with van der Waals surface area (Å²) in [7, 11) is 0. The highest BCUT2D eigenvalue weighted by molar-refractivity contribution is 6.32. The molecule has 0 saturated heterocycles. The summed E-state index contributed by atoms with van der Waals surface area (Å²) in [6.45, 7) is 2.12. The average Bonchev–Trinajstić information content (AvgIpc) is 2.74. The van der Waals surface area contributed by atoms with Gasteiger partial charge in [0, 0.05) is 11.1 Å². The van der Waals surface area contributed by atoms with E-state index in [1.807, 2.05) is 30.3 Å². The number of para-hydroxylation sites is 2. The number of nitrogens with one attached hydrogen (secondary N) is 1. The first-order chi connectivity index (χ1) is 14.5. The maximum absolute atomic E-state index is 13.2. The predicted octanol–water partition coefficient (Wildman–Crippen LogP) is 4.80. The zero-order valence-electron chi connectivity index (χ0n) is 16.9. The van der Waals surface area contributed by atoms with E-state index >= 15 is 0 Å². The molecule has 4 rings (SSSR count). The number of fused-ring (bicyclic) bond motifs is 1. The third kappa shape index (κ3) is 4.36. The fraction of sp³-hybridized carbons (Fsp3) is 0.333. The third-order valence-corrected chi connectivity index (χ3v) is 6.13. The molecule has 1 fully saturated rings. The molecule has 0 unspecified atom stereocenters. The van der Waals surface area contributed by atoms with Crippen molar-refractivity contribution in [3.63, 3.8) is 0 Å². The van der Waals surface area contributed by atoms with Gasteiger partial charge >= 0.3 is 0 Å². The fourth-order valence-corrected chi connectivity index (χ4v) is 4.27. The lowest BCUT2D eigenvalue weighted by Crippen LogP contribution is -2.48. The summed E-state index contributed by atoms with van der Waals surface area (Å²) in [5.41, 5.74) is 1.27. The summed E-state index contributed by atoms with van der Waals surface area (Å²) < 4.78 is 5.86. The number of nitrogens with zero attached hydrogens (tertiary/aromatic N) is 1. The van der Waals surface area contributed by atoms with Gasteiger partial charge in [-0.15, -0.1) is 0 Å². The van der Waals surface area contributed by atoms with Crippen LogP contribution < -0.4 is 15.0 Å². The molecule has 1 aliphatic heterocycles. The van der Waals surface area contributed by atoms with Gasteiger partial charge in [0.1, 0.15) is 6.54 Å². The second kappa shape index (κ2) is 8.92. The second-order valence-corrected chi connectivity index (χ2v) is 8.33. The first kappa shape index (κ1) is 20.5. The smallest absolute Gasteiger partial charge is 0.294 e. The molecule has 6 heteroatoms. The molecule has 2 aromatic rings. The van der Waals surface area contributed by atoms with Gasteiger partial charge < -0.3 is 10.1 Å². The van der Waals surface area contributed by atoms with Gasteiger partial charge in [-0.05, 0) is 48.6 Å². The number of benzene rings is 2. The summed E-state index contributed by atoms with van der Waals surface area (Å²) in [5, 5.41) is 3.65. The molecule has 1 heterocycles. The fourth-order valence-electron chi connectivity index (χ4n) is 4.08. The van der Waals surface area contributed by atoms with Crippen molar-refractivity contribution in [1.29, 1.82) is 0 Å². The monoisotopic (exact) mass is 424 g/mol. The maximum Gasteiger partial charge on any atom is 0.294 e. The van der Waals surface area contributed by atoms with Crippen LogP contribution in [-0.4, -0.2) is 24.4 Å². The Morgan fingerprint density at radius 2 is 1.90 bits per heavy atom. The van der Waals surface area contributed by atoms with Gasteiger partial charge in [0.25, 0.3) is 5.91 Å². The third-order valence-electron chi connectivity index (χ3n) is 5.78. The van der Waals surface area contributed by atoms with Crippen LogP contribution in [0.4, 0.5) is 5.69 Å². The maximum atomic E-state index is 13.2. The van der Waals surface area contributed by atoms with E-state index in [1.165, 1.54) is 11.3 Å². The molecule has 0 aromatic heterocycles. The molecular formula is C24H25ClN2O3. The van der Waals surface area contributed by atoms with E-state index in [0.717, 1.165) is 19.3 Å². The molecule has 1 saturated carbocycles. The van der Waals surface area contributed by atoms with Crippen LogP contribution in [-0.2, 0) is 9.59 Å². The average molecular weight is 425 g/mol. The van der Waals surface area contributed by atoms with E-state index in [9.17, 15) is 9.59 Å². The minimum Gasteiger partial charge on any atom is -0.449 e. The highest BCUT2D eigenvalue weighted by Gasteiger charge is 2.32. The van der Waals surface area contributed by atoms with Crippen molar-refractivity contribution in [2.45, 2.75) is 38.6 Å². The van der Waals surface area contributed by atoms with Gasteiger partial charge in [-0.3, -0.25) is 14.5 Å². The summed E-state index contributed by atoms with van der Waals surface area (Å²) >= 11 is 6.25. The van der Waals surface area contributed by atoms with Crippen molar-refractivity contribution in [3.05, 3.63) is 64.9 Å². The van der Waals surface area contributed by atoms with E-state index < -0.39 is 0 Å². The van der Waals surface area contributed by atoms with Crippen molar-refractivity contribution >= 4 is 35.2 Å². The van der Waals surface area contributed by atoms with Gasteiger partial charge in [0.2, 0.25) is 5.91 Å². The van der Waals surface area contributed by atoms with Crippen molar-refractivity contribution in [1.82, 2.24) is 5.32 Å². The van der Waals surface area contributed by atoms with E-state index in [2.05, 4.69) is 12.2 Å². The Kier molecular flexibility index (Phi) is 6.09. The second-order valence-electron chi connectivity index (χ2n) is 7.93.